The number of halogens is 2. The largest absolute Gasteiger partial charge is 0.491 e. The fourth-order valence-corrected chi connectivity index (χ4v) is 2.68. The monoisotopic (exact) mass is 382 g/mol. The van der Waals surface area contributed by atoms with Crippen LogP contribution in [0.15, 0.2) is 42.5 Å². The number of carbonyl (C=O) groups is 1. The summed E-state index contributed by atoms with van der Waals surface area (Å²) in [4.78, 5) is 12.2. The third-order valence-corrected chi connectivity index (χ3v) is 3.46. The summed E-state index contributed by atoms with van der Waals surface area (Å²) in [5, 5.41) is 6.45. The number of rotatable bonds is 4. The molecule has 126 valence electrons. The lowest BCUT2D eigenvalue weighted by atomic mass is 10.2. The van der Waals surface area contributed by atoms with Gasteiger partial charge >= 0.3 is 0 Å². The molecule has 2 N–H and O–H groups in total. The first kappa shape index (κ1) is 18.5. The van der Waals surface area contributed by atoms with Gasteiger partial charge in [0.15, 0.2) is 5.11 Å². The zero-order valence-electron chi connectivity index (χ0n) is 13.1. The predicted molar refractivity (Wildman–Crippen MR) is 102 cm³/mol. The predicted octanol–water partition coefficient (Wildman–Crippen LogP) is 4.91. The van der Waals surface area contributed by atoms with Crippen LogP contribution in [-0.2, 0) is 0 Å². The highest BCUT2D eigenvalue weighted by Gasteiger charge is 2.10. The zero-order chi connectivity index (χ0) is 17.7. The summed E-state index contributed by atoms with van der Waals surface area (Å²) in [7, 11) is 0. The average molecular weight is 383 g/mol. The van der Waals surface area contributed by atoms with E-state index in [0.717, 1.165) is 0 Å². The minimum absolute atomic E-state index is 0.0690. The number of hydrogen-bond acceptors (Lipinski definition) is 3. The Kier molecular flexibility index (Phi) is 6.43. The van der Waals surface area contributed by atoms with Crippen LogP contribution in [0.1, 0.15) is 24.2 Å². The van der Waals surface area contributed by atoms with Crippen molar-refractivity contribution in [3.05, 3.63) is 58.1 Å². The maximum absolute atomic E-state index is 12.2. The molecule has 0 heterocycles. The van der Waals surface area contributed by atoms with E-state index >= 15 is 0 Å². The van der Waals surface area contributed by atoms with Crippen molar-refractivity contribution in [1.82, 2.24) is 5.32 Å². The highest BCUT2D eigenvalue weighted by atomic mass is 35.5. The minimum atomic E-state index is -0.397. The smallest absolute Gasteiger partial charge is 0.257 e. The maximum atomic E-state index is 12.2. The van der Waals surface area contributed by atoms with Crippen LogP contribution in [0.4, 0.5) is 5.69 Å². The van der Waals surface area contributed by atoms with Gasteiger partial charge in [-0.05, 0) is 56.4 Å². The van der Waals surface area contributed by atoms with Crippen molar-refractivity contribution in [1.29, 1.82) is 0 Å². The number of hydrogen-bond donors (Lipinski definition) is 2. The highest BCUT2D eigenvalue weighted by Crippen LogP contribution is 2.20. The Morgan fingerprint density at radius 1 is 1.12 bits per heavy atom. The molecule has 24 heavy (non-hydrogen) atoms. The molecule has 2 aromatic rings. The molecule has 0 saturated carbocycles. The van der Waals surface area contributed by atoms with Gasteiger partial charge in [-0.1, -0.05) is 29.3 Å². The van der Waals surface area contributed by atoms with Crippen molar-refractivity contribution in [2.24, 2.45) is 0 Å². The van der Waals surface area contributed by atoms with Crippen LogP contribution in [0.2, 0.25) is 10.0 Å². The molecule has 2 aromatic carbocycles. The topological polar surface area (TPSA) is 50.4 Å². The summed E-state index contributed by atoms with van der Waals surface area (Å²) in [5.74, 6) is 0.317. The van der Waals surface area contributed by atoms with Crippen molar-refractivity contribution < 1.29 is 9.53 Å². The van der Waals surface area contributed by atoms with E-state index in [2.05, 4.69) is 10.6 Å². The Bertz CT molecular complexity index is 746. The molecule has 0 fully saturated rings. The standard InChI is InChI=1S/C17H16Cl2N2O2S/c1-10(2)23-15-5-3-4-14(9-15)20-17(24)21-16(22)11-6-12(18)8-13(19)7-11/h3-10H,1-2H3,(H2,20,21,22,24). The van der Waals surface area contributed by atoms with Crippen LogP contribution in [0.5, 0.6) is 5.75 Å². The van der Waals surface area contributed by atoms with Crippen molar-refractivity contribution in [2.75, 3.05) is 5.32 Å². The van der Waals surface area contributed by atoms with Crippen LogP contribution in [0.25, 0.3) is 0 Å². The number of nitrogens with one attached hydrogen (secondary N) is 2. The first-order valence-electron chi connectivity index (χ1n) is 7.18. The molecule has 7 heteroatoms. The van der Waals surface area contributed by atoms with Gasteiger partial charge in [-0.3, -0.25) is 10.1 Å². The molecule has 0 aliphatic carbocycles. The zero-order valence-corrected chi connectivity index (χ0v) is 15.4. The summed E-state index contributed by atoms with van der Waals surface area (Å²) in [6.45, 7) is 3.89. The van der Waals surface area contributed by atoms with Crippen molar-refractivity contribution in [3.63, 3.8) is 0 Å². The average Bonchev–Trinajstić information content (AvgIpc) is 2.45. The first-order valence-corrected chi connectivity index (χ1v) is 8.35. The SMILES string of the molecule is CC(C)Oc1cccc(NC(=S)NC(=O)c2cc(Cl)cc(Cl)c2)c1. The highest BCUT2D eigenvalue weighted by molar-refractivity contribution is 7.80. The molecule has 0 bridgehead atoms. The van der Waals surface area contributed by atoms with Gasteiger partial charge in [0.05, 0.1) is 6.10 Å². The van der Waals surface area contributed by atoms with Crippen molar-refractivity contribution >= 4 is 52.1 Å². The number of thiocarbonyl (C=S) groups is 1. The molecule has 0 unspecified atom stereocenters. The van der Waals surface area contributed by atoms with Crippen LogP contribution < -0.4 is 15.4 Å². The molecule has 0 aliphatic rings. The number of benzene rings is 2. The van der Waals surface area contributed by atoms with E-state index < -0.39 is 5.91 Å². The molecular formula is C17H16Cl2N2O2S. The summed E-state index contributed by atoms with van der Waals surface area (Å²) in [6, 6.07) is 11.9. The fraction of sp³-hybridized carbons (Fsp3) is 0.176. The molecule has 0 aromatic heterocycles. The van der Waals surface area contributed by atoms with E-state index in [-0.39, 0.29) is 11.2 Å². The Hall–Kier alpha value is -1.82. The molecular weight excluding hydrogens is 367 g/mol. The van der Waals surface area contributed by atoms with Crippen LogP contribution >= 0.6 is 35.4 Å². The van der Waals surface area contributed by atoms with Crippen LogP contribution in [0, 0.1) is 0 Å². The summed E-state index contributed by atoms with van der Waals surface area (Å²) in [6.07, 6.45) is 0.0690. The van der Waals surface area contributed by atoms with E-state index in [0.29, 0.717) is 27.0 Å². The van der Waals surface area contributed by atoms with Gasteiger partial charge in [-0.15, -0.1) is 0 Å². The normalized spacial score (nSPS) is 10.4. The molecule has 0 aliphatic heterocycles. The van der Waals surface area contributed by atoms with E-state index in [1.807, 2.05) is 32.0 Å². The Balaban J connectivity index is 2.01. The lowest BCUT2D eigenvalue weighted by molar-refractivity contribution is 0.0977. The van der Waals surface area contributed by atoms with Gasteiger partial charge in [-0.25, -0.2) is 0 Å². The Labute approximate surface area is 156 Å². The number of ether oxygens (including phenoxy) is 1. The number of anilines is 1. The summed E-state index contributed by atoms with van der Waals surface area (Å²) in [5.41, 5.74) is 1.04. The second-order valence-electron chi connectivity index (χ2n) is 5.26. The third-order valence-electron chi connectivity index (χ3n) is 2.82. The first-order chi connectivity index (χ1) is 11.3. The molecule has 4 nitrogen and oxygen atoms in total. The van der Waals surface area contributed by atoms with Gasteiger partial charge in [0.25, 0.3) is 5.91 Å². The fourth-order valence-electron chi connectivity index (χ4n) is 1.94. The lowest BCUT2D eigenvalue weighted by Gasteiger charge is -2.13. The van der Waals surface area contributed by atoms with Gasteiger partial charge < -0.3 is 10.1 Å². The number of amides is 1. The van der Waals surface area contributed by atoms with Gasteiger partial charge in [0.2, 0.25) is 0 Å². The Morgan fingerprint density at radius 2 is 1.79 bits per heavy atom. The third kappa shape index (κ3) is 5.67. The molecule has 0 spiro atoms. The van der Waals surface area contributed by atoms with Crippen LogP contribution in [-0.4, -0.2) is 17.1 Å². The quantitative estimate of drug-likeness (QED) is 0.737. The van der Waals surface area contributed by atoms with Crippen molar-refractivity contribution in [3.8, 4) is 5.75 Å². The van der Waals surface area contributed by atoms with E-state index in [1.54, 1.807) is 12.1 Å². The second-order valence-corrected chi connectivity index (χ2v) is 6.54. The van der Waals surface area contributed by atoms with E-state index in [1.165, 1.54) is 12.1 Å². The second kappa shape index (κ2) is 8.33. The summed E-state index contributed by atoms with van der Waals surface area (Å²) >= 11 is 16.9. The van der Waals surface area contributed by atoms with E-state index in [9.17, 15) is 4.79 Å². The molecule has 0 atom stereocenters. The van der Waals surface area contributed by atoms with Gasteiger partial charge in [0.1, 0.15) is 5.75 Å². The Morgan fingerprint density at radius 3 is 2.42 bits per heavy atom. The number of carbonyl (C=O) groups excluding carboxylic acids is 1. The van der Waals surface area contributed by atoms with E-state index in [4.69, 9.17) is 40.2 Å². The molecule has 1 amide bonds. The molecule has 0 radical (unpaired) electrons. The maximum Gasteiger partial charge on any atom is 0.257 e. The lowest BCUT2D eigenvalue weighted by Crippen LogP contribution is -2.34. The van der Waals surface area contributed by atoms with Crippen molar-refractivity contribution in [2.45, 2.75) is 20.0 Å². The minimum Gasteiger partial charge on any atom is -0.491 e. The molecule has 0 saturated heterocycles. The van der Waals surface area contributed by atoms with Crippen LogP contribution in [0.3, 0.4) is 0 Å². The summed E-state index contributed by atoms with van der Waals surface area (Å²) < 4.78 is 5.61. The molecule has 2 rings (SSSR count). The van der Waals surface area contributed by atoms with Gasteiger partial charge in [-0.2, -0.15) is 0 Å². The van der Waals surface area contributed by atoms with Gasteiger partial charge in [0, 0.05) is 27.4 Å².